The van der Waals surface area contributed by atoms with Gasteiger partial charge in [0.2, 0.25) is 11.9 Å². The molecule has 0 N–H and O–H groups in total. The molecule has 0 bridgehead atoms. The number of rotatable bonds is 5. The molecule has 0 unspecified atom stereocenters. The normalized spacial score (nSPS) is 17.2. The van der Waals surface area contributed by atoms with Crippen molar-refractivity contribution in [3.63, 3.8) is 0 Å². The lowest BCUT2D eigenvalue weighted by Crippen LogP contribution is -2.40. The van der Waals surface area contributed by atoms with Gasteiger partial charge in [-0.15, -0.1) is 10.2 Å². The van der Waals surface area contributed by atoms with Crippen LogP contribution in [0, 0.1) is 0 Å². The van der Waals surface area contributed by atoms with E-state index in [-0.39, 0.29) is 11.2 Å². The zero-order chi connectivity index (χ0) is 21.9. The first-order chi connectivity index (χ1) is 15.7. The summed E-state index contributed by atoms with van der Waals surface area (Å²) >= 11 is 1.47. The summed E-state index contributed by atoms with van der Waals surface area (Å²) in [5, 5.41) is 9.46. The van der Waals surface area contributed by atoms with Gasteiger partial charge >= 0.3 is 0 Å². The van der Waals surface area contributed by atoms with Crippen LogP contribution in [0.4, 0.5) is 11.6 Å². The van der Waals surface area contributed by atoms with E-state index >= 15 is 0 Å². The topological polar surface area (TPSA) is 63.5 Å². The third-order valence-electron chi connectivity index (χ3n) is 5.93. The molecule has 1 aromatic heterocycles. The Balaban J connectivity index is 1.43. The molecule has 2 aliphatic rings. The molecule has 7 nitrogen and oxygen atoms in total. The zero-order valence-electron chi connectivity index (χ0n) is 18.2. The summed E-state index contributed by atoms with van der Waals surface area (Å²) in [7, 11) is 0. The second-order valence-electron chi connectivity index (χ2n) is 8.04. The lowest BCUT2D eigenvalue weighted by Gasteiger charge is -2.31. The SMILES string of the molecule is C[C@H](Sc1nnc(N2CCOCC2)n1-c1ccccc1)C(=O)N1CCCc2ccccc21. The first-order valence-corrected chi connectivity index (χ1v) is 12.0. The van der Waals surface area contributed by atoms with Crippen molar-refractivity contribution < 1.29 is 9.53 Å². The van der Waals surface area contributed by atoms with Crippen LogP contribution in [-0.2, 0) is 16.0 Å². The number of ether oxygens (including phenoxy) is 1. The predicted molar refractivity (Wildman–Crippen MR) is 127 cm³/mol. The van der Waals surface area contributed by atoms with E-state index in [1.165, 1.54) is 17.3 Å². The minimum atomic E-state index is -0.287. The van der Waals surface area contributed by atoms with Gasteiger partial charge in [0, 0.05) is 25.3 Å². The molecule has 32 heavy (non-hydrogen) atoms. The molecule has 2 aliphatic heterocycles. The Bertz CT molecular complexity index is 1080. The van der Waals surface area contributed by atoms with Crippen molar-refractivity contribution in [3.05, 3.63) is 60.2 Å². The highest BCUT2D eigenvalue weighted by molar-refractivity contribution is 8.00. The monoisotopic (exact) mass is 449 g/mol. The highest BCUT2D eigenvalue weighted by atomic mass is 32.2. The first-order valence-electron chi connectivity index (χ1n) is 11.1. The molecule has 1 amide bonds. The van der Waals surface area contributed by atoms with Gasteiger partial charge in [-0.05, 0) is 43.5 Å². The molecule has 1 atom stereocenters. The molecular formula is C24H27N5O2S. The summed E-state index contributed by atoms with van der Waals surface area (Å²) in [5.41, 5.74) is 3.27. The standard InChI is InChI=1S/C24H27N5O2S/c1-18(22(30)28-13-7-9-19-8-5-6-12-21(19)28)32-24-26-25-23(27-14-16-31-17-15-27)29(24)20-10-3-2-4-11-20/h2-6,8,10-12,18H,7,9,13-17H2,1H3/t18-/m0/s1. The first kappa shape index (κ1) is 21.0. The fourth-order valence-electron chi connectivity index (χ4n) is 4.30. The third kappa shape index (κ3) is 4.12. The number of carbonyl (C=O) groups excluding carboxylic acids is 1. The quantitative estimate of drug-likeness (QED) is 0.555. The number of aryl methyl sites for hydroxylation is 1. The van der Waals surface area contributed by atoms with Gasteiger partial charge < -0.3 is 14.5 Å². The average Bonchev–Trinajstić information content (AvgIpc) is 3.27. The van der Waals surface area contributed by atoms with Gasteiger partial charge in [-0.2, -0.15) is 0 Å². The van der Waals surface area contributed by atoms with Crippen LogP contribution >= 0.6 is 11.8 Å². The summed E-state index contributed by atoms with van der Waals surface area (Å²) in [6.07, 6.45) is 2.01. The fraction of sp³-hybridized carbons (Fsp3) is 0.375. The van der Waals surface area contributed by atoms with Gasteiger partial charge in [0.1, 0.15) is 0 Å². The molecule has 2 aromatic carbocycles. The molecule has 0 saturated carbocycles. The van der Waals surface area contributed by atoms with Crippen LogP contribution in [0.3, 0.4) is 0 Å². The zero-order valence-corrected chi connectivity index (χ0v) is 19.0. The van der Waals surface area contributed by atoms with Crippen LogP contribution in [-0.4, -0.2) is 58.8 Å². The van der Waals surface area contributed by atoms with Crippen LogP contribution in [0.5, 0.6) is 0 Å². The molecule has 1 fully saturated rings. The minimum absolute atomic E-state index is 0.109. The van der Waals surface area contributed by atoms with Crippen molar-refractivity contribution in [1.29, 1.82) is 0 Å². The van der Waals surface area contributed by atoms with Crippen LogP contribution in [0.25, 0.3) is 5.69 Å². The smallest absolute Gasteiger partial charge is 0.240 e. The predicted octanol–water partition coefficient (Wildman–Crippen LogP) is 3.56. The maximum Gasteiger partial charge on any atom is 0.240 e. The van der Waals surface area contributed by atoms with Crippen molar-refractivity contribution in [2.45, 2.75) is 30.2 Å². The van der Waals surface area contributed by atoms with Gasteiger partial charge in [-0.25, -0.2) is 0 Å². The summed E-state index contributed by atoms with van der Waals surface area (Å²) < 4.78 is 7.57. The highest BCUT2D eigenvalue weighted by Crippen LogP contribution is 2.33. The van der Waals surface area contributed by atoms with Crippen molar-refractivity contribution in [2.24, 2.45) is 0 Å². The van der Waals surface area contributed by atoms with Gasteiger partial charge in [0.15, 0.2) is 5.16 Å². The lowest BCUT2D eigenvalue weighted by atomic mass is 10.0. The number of morpholine rings is 1. The number of para-hydroxylation sites is 2. The number of anilines is 2. The Kier molecular flexibility index (Phi) is 6.14. The Labute approximate surface area is 192 Å². The minimum Gasteiger partial charge on any atom is -0.378 e. The van der Waals surface area contributed by atoms with Gasteiger partial charge in [-0.3, -0.25) is 9.36 Å². The molecular weight excluding hydrogens is 422 g/mol. The largest absolute Gasteiger partial charge is 0.378 e. The Morgan fingerprint density at radius 1 is 1.00 bits per heavy atom. The number of nitrogens with zero attached hydrogens (tertiary/aromatic N) is 5. The number of thioether (sulfide) groups is 1. The second-order valence-corrected chi connectivity index (χ2v) is 9.34. The molecule has 3 aromatic rings. The molecule has 0 aliphatic carbocycles. The van der Waals surface area contributed by atoms with Crippen LogP contribution in [0.2, 0.25) is 0 Å². The van der Waals surface area contributed by atoms with E-state index in [0.717, 1.165) is 55.0 Å². The summed E-state index contributed by atoms with van der Waals surface area (Å²) in [6.45, 7) is 5.61. The van der Waals surface area contributed by atoms with Gasteiger partial charge in [-0.1, -0.05) is 48.2 Å². The summed E-state index contributed by atoms with van der Waals surface area (Å²) in [5.74, 6) is 0.905. The molecule has 8 heteroatoms. The van der Waals surface area contributed by atoms with Crippen molar-refractivity contribution >= 4 is 29.3 Å². The van der Waals surface area contributed by atoms with E-state index in [4.69, 9.17) is 4.74 Å². The van der Waals surface area contributed by atoms with Gasteiger partial charge in [0.25, 0.3) is 0 Å². The highest BCUT2D eigenvalue weighted by Gasteiger charge is 2.29. The lowest BCUT2D eigenvalue weighted by molar-refractivity contribution is -0.117. The second kappa shape index (κ2) is 9.34. The average molecular weight is 450 g/mol. The van der Waals surface area contributed by atoms with Crippen LogP contribution in [0.15, 0.2) is 59.8 Å². The number of benzene rings is 2. The van der Waals surface area contributed by atoms with E-state index in [1.807, 2.05) is 60.4 Å². The molecule has 0 radical (unpaired) electrons. The molecule has 166 valence electrons. The van der Waals surface area contributed by atoms with Crippen molar-refractivity contribution in [3.8, 4) is 5.69 Å². The molecule has 1 saturated heterocycles. The molecule has 0 spiro atoms. The molecule has 5 rings (SSSR count). The maximum absolute atomic E-state index is 13.4. The number of carbonyl (C=O) groups is 1. The number of fused-ring (bicyclic) bond motifs is 1. The fourth-order valence-corrected chi connectivity index (χ4v) is 5.22. The number of hydrogen-bond donors (Lipinski definition) is 0. The van der Waals surface area contributed by atoms with Gasteiger partial charge in [0.05, 0.1) is 24.2 Å². The van der Waals surface area contributed by atoms with Crippen molar-refractivity contribution in [1.82, 2.24) is 14.8 Å². The van der Waals surface area contributed by atoms with E-state index in [2.05, 4.69) is 25.7 Å². The molecule has 3 heterocycles. The number of amides is 1. The van der Waals surface area contributed by atoms with Crippen LogP contribution in [0.1, 0.15) is 18.9 Å². The van der Waals surface area contributed by atoms with E-state index < -0.39 is 0 Å². The summed E-state index contributed by atoms with van der Waals surface area (Å²) in [4.78, 5) is 17.6. The third-order valence-corrected chi connectivity index (χ3v) is 6.96. The van der Waals surface area contributed by atoms with E-state index in [0.29, 0.717) is 13.2 Å². The van der Waals surface area contributed by atoms with Crippen LogP contribution < -0.4 is 9.80 Å². The van der Waals surface area contributed by atoms with E-state index in [9.17, 15) is 4.79 Å². The summed E-state index contributed by atoms with van der Waals surface area (Å²) in [6, 6.07) is 18.3. The Morgan fingerprint density at radius 2 is 1.75 bits per heavy atom. The Morgan fingerprint density at radius 3 is 2.56 bits per heavy atom. The van der Waals surface area contributed by atoms with Crippen molar-refractivity contribution in [2.75, 3.05) is 42.6 Å². The maximum atomic E-state index is 13.4. The Hall–Kier alpha value is -2.84. The van der Waals surface area contributed by atoms with E-state index in [1.54, 1.807) is 0 Å². The number of aromatic nitrogens is 3. The number of hydrogen-bond acceptors (Lipinski definition) is 6.